The lowest BCUT2D eigenvalue weighted by molar-refractivity contribution is -0.137. The van der Waals surface area contributed by atoms with E-state index >= 15 is 0 Å². The van der Waals surface area contributed by atoms with Gasteiger partial charge in [-0.2, -0.15) is 18.2 Å². The number of aromatic nitrogens is 3. The highest BCUT2D eigenvalue weighted by atomic mass is 19.4. The highest BCUT2D eigenvalue weighted by Crippen LogP contribution is 2.43. The maximum atomic E-state index is 14.0. The molecule has 1 saturated heterocycles. The molecule has 2 N–H and O–H groups in total. The Morgan fingerprint density at radius 2 is 1.67 bits per heavy atom. The second kappa shape index (κ2) is 10.9. The Balaban J connectivity index is 1.25. The molecule has 11 nitrogen and oxygen atoms in total. The standard InChI is InChI=1S/C28H26F3N5O6/c1-27(2,3)40-26(39)36-13-18(14-36)32-24(38)21(37)16-9-11-17(12-10-16)23-33-25(42-35-23)22-19(28(29,30)31)20(34-41-22)15-7-5-4-6-8-15/h4-12,18,21,37H,13-14H2,1-3H3,(H,32,38). The Kier molecular flexibility index (Phi) is 7.49. The van der Waals surface area contributed by atoms with Crippen LogP contribution in [0.15, 0.2) is 63.6 Å². The highest BCUT2D eigenvalue weighted by Gasteiger charge is 2.43. The number of carbonyl (C=O) groups is 2. The van der Waals surface area contributed by atoms with E-state index in [0.29, 0.717) is 5.56 Å². The molecule has 5 rings (SSSR count). The van der Waals surface area contributed by atoms with Crippen LogP contribution in [0.4, 0.5) is 18.0 Å². The number of aliphatic hydroxyl groups is 1. The second-order valence-electron chi connectivity index (χ2n) is 10.6. The van der Waals surface area contributed by atoms with E-state index in [1.165, 1.54) is 41.3 Å². The van der Waals surface area contributed by atoms with Gasteiger partial charge in [-0.1, -0.05) is 64.9 Å². The number of amides is 2. The summed E-state index contributed by atoms with van der Waals surface area (Å²) in [5, 5.41) is 20.5. The Labute approximate surface area is 237 Å². The summed E-state index contributed by atoms with van der Waals surface area (Å²) < 4.78 is 57.3. The third-order valence-corrected chi connectivity index (χ3v) is 6.26. The van der Waals surface area contributed by atoms with Crippen LogP contribution in [0.2, 0.25) is 0 Å². The predicted octanol–water partition coefficient (Wildman–Crippen LogP) is 4.85. The molecule has 0 spiro atoms. The van der Waals surface area contributed by atoms with E-state index < -0.39 is 52.8 Å². The Hall–Kier alpha value is -4.72. The molecule has 3 heterocycles. The van der Waals surface area contributed by atoms with Gasteiger partial charge in [-0.3, -0.25) is 4.79 Å². The zero-order valence-corrected chi connectivity index (χ0v) is 22.7. The molecule has 0 aliphatic carbocycles. The van der Waals surface area contributed by atoms with Crippen molar-refractivity contribution in [3.63, 3.8) is 0 Å². The molecule has 1 aliphatic heterocycles. The van der Waals surface area contributed by atoms with Crippen molar-refractivity contribution < 1.29 is 41.6 Å². The van der Waals surface area contributed by atoms with Gasteiger partial charge in [0, 0.05) is 24.2 Å². The predicted molar refractivity (Wildman–Crippen MR) is 140 cm³/mol. The van der Waals surface area contributed by atoms with E-state index in [0.717, 1.165) is 0 Å². The fraction of sp³-hybridized carbons (Fsp3) is 0.321. The SMILES string of the molecule is CC(C)(C)OC(=O)N1CC(NC(=O)C(O)c2ccc(-c3noc(-c4onc(-c5ccccc5)c4C(F)(F)F)n3)cc2)C1. The summed E-state index contributed by atoms with van der Waals surface area (Å²) in [5.41, 5.74) is -1.38. The lowest BCUT2D eigenvalue weighted by Gasteiger charge is -2.40. The average Bonchev–Trinajstić information content (AvgIpc) is 3.57. The molecule has 4 aromatic rings. The van der Waals surface area contributed by atoms with E-state index in [4.69, 9.17) is 13.8 Å². The molecule has 0 radical (unpaired) electrons. The van der Waals surface area contributed by atoms with Crippen LogP contribution in [0.3, 0.4) is 0 Å². The number of alkyl halides is 3. The molecule has 2 amide bonds. The third kappa shape index (κ3) is 6.12. The highest BCUT2D eigenvalue weighted by molar-refractivity contribution is 5.83. The molecule has 0 bridgehead atoms. The van der Waals surface area contributed by atoms with Crippen LogP contribution in [0.25, 0.3) is 34.3 Å². The molecule has 42 heavy (non-hydrogen) atoms. The number of hydrogen-bond acceptors (Lipinski definition) is 9. The van der Waals surface area contributed by atoms with Gasteiger partial charge in [-0.15, -0.1) is 0 Å². The molecule has 2 aromatic heterocycles. The first-order chi connectivity index (χ1) is 19.8. The molecule has 2 aromatic carbocycles. The molecule has 14 heteroatoms. The second-order valence-corrected chi connectivity index (χ2v) is 10.6. The summed E-state index contributed by atoms with van der Waals surface area (Å²) >= 11 is 0. The number of nitrogens with one attached hydrogen (secondary N) is 1. The van der Waals surface area contributed by atoms with Gasteiger partial charge in [0.25, 0.3) is 11.8 Å². The van der Waals surface area contributed by atoms with Crippen LogP contribution in [-0.2, 0) is 15.7 Å². The van der Waals surface area contributed by atoms with Crippen LogP contribution >= 0.6 is 0 Å². The number of aliphatic hydroxyl groups excluding tert-OH is 1. The van der Waals surface area contributed by atoms with Crippen LogP contribution < -0.4 is 5.32 Å². The van der Waals surface area contributed by atoms with E-state index in [1.807, 2.05) is 0 Å². The summed E-state index contributed by atoms with van der Waals surface area (Å²) in [6.07, 6.45) is -6.81. The number of ether oxygens (including phenoxy) is 1. The number of hydrogen-bond donors (Lipinski definition) is 2. The van der Waals surface area contributed by atoms with E-state index in [-0.39, 0.29) is 36.1 Å². The molecular weight excluding hydrogens is 559 g/mol. The van der Waals surface area contributed by atoms with Gasteiger partial charge in [0.1, 0.15) is 16.9 Å². The van der Waals surface area contributed by atoms with Crippen molar-refractivity contribution in [2.75, 3.05) is 13.1 Å². The number of rotatable bonds is 6. The number of benzene rings is 2. The molecule has 220 valence electrons. The topological polar surface area (TPSA) is 144 Å². The average molecular weight is 586 g/mol. The Morgan fingerprint density at radius 3 is 2.29 bits per heavy atom. The van der Waals surface area contributed by atoms with Gasteiger partial charge in [0.05, 0.1) is 6.04 Å². The maximum Gasteiger partial charge on any atom is 0.422 e. The minimum Gasteiger partial charge on any atom is -0.444 e. The van der Waals surface area contributed by atoms with Crippen molar-refractivity contribution in [3.05, 3.63) is 65.7 Å². The van der Waals surface area contributed by atoms with E-state index in [1.54, 1.807) is 39.0 Å². The Bertz CT molecular complexity index is 1570. The monoisotopic (exact) mass is 585 g/mol. The first-order valence-corrected chi connectivity index (χ1v) is 12.8. The van der Waals surface area contributed by atoms with Crippen LogP contribution in [0, 0.1) is 0 Å². The lowest BCUT2D eigenvalue weighted by atomic mass is 10.0. The fourth-order valence-corrected chi connectivity index (χ4v) is 4.22. The van der Waals surface area contributed by atoms with Gasteiger partial charge in [-0.05, 0) is 26.3 Å². The van der Waals surface area contributed by atoms with Gasteiger partial charge >= 0.3 is 12.3 Å². The lowest BCUT2D eigenvalue weighted by Crippen LogP contribution is -2.62. The molecule has 1 unspecified atom stereocenters. The first kappa shape index (κ1) is 28.8. The summed E-state index contributed by atoms with van der Waals surface area (Å²) in [6, 6.07) is 13.3. The quantitative estimate of drug-likeness (QED) is 0.325. The van der Waals surface area contributed by atoms with Crippen molar-refractivity contribution in [1.29, 1.82) is 0 Å². The summed E-state index contributed by atoms with van der Waals surface area (Å²) in [7, 11) is 0. The summed E-state index contributed by atoms with van der Waals surface area (Å²) in [5.74, 6) is -1.93. The molecule has 1 fully saturated rings. The number of nitrogens with zero attached hydrogens (tertiary/aromatic N) is 4. The maximum absolute atomic E-state index is 14.0. The van der Waals surface area contributed by atoms with Crippen molar-refractivity contribution in [2.24, 2.45) is 0 Å². The van der Waals surface area contributed by atoms with Gasteiger partial charge in [0.15, 0.2) is 6.10 Å². The van der Waals surface area contributed by atoms with E-state index in [2.05, 4.69) is 20.6 Å². The zero-order chi connectivity index (χ0) is 30.2. The largest absolute Gasteiger partial charge is 0.444 e. The van der Waals surface area contributed by atoms with Crippen molar-refractivity contribution >= 4 is 12.0 Å². The van der Waals surface area contributed by atoms with Crippen LogP contribution in [-0.4, -0.2) is 62.0 Å². The van der Waals surface area contributed by atoms with Gasteiger partial charge in [-0.25, -0.2) is 4.79 Å². The number of halogens is 3. The molecule has 0 saturated carbocycles. The van der Waals surface area contributed by atoms with Crippen molar-refractivity contribution in [2.45, 2.75) is 44.7 Å². The number of likely N-dealkylation sites (tertiary alicyclic amines) is 1. The third-order valence-electron chi connectivity index (χ3n) is 6.26. The van der Waals surface area contributed by atoms with Crippen LogP contribution in [0.1, 0.15) is 38.0 Å². The Morgan fingerprint density at radius 1 is 1.00 bits per heavy atom. The van der Waals surface area contributed by atoms with Gasteiger partial charge < -0.3 is 29.1 Å². The normalized spacial score (nSPS) is 14.8. The minimum absolute atomic E-state index is 0.0435. The van der Waals surface area contributed by atoms with Crippen molar-refractivity contribution in [3.8, 4) is 34.3 Å². The minimum atomic E-state index is -4.82. The molecular formula is C28H26F3N5O6. The summed E-state index contributed by atoms with van der Waals surface area (Å²) in [4.78, 5) is 30.1. The smallest absolute Gasteiger partial charge is 0.422 e. The first-order valence-electron chi connectivity index (χ1n) is 12.8. The van der Waals surface area contributed by atoms with Crippen LogP contribution in [0.5, 0.6) is 0 Å². The molecule has 1 atom stereocenters. The number of carbonyl (C=O) groups excluding carboxylic acids is 2. The summed E-state index contributed by atoms with van der Waals surface area (Å²) in [6.45, 7) is 5.77. The van der Waals surface area contributed by atoms with Gasteiger partial charge in [0.2, 0.25) is 11.6 Å². The van der Waals surface area contributed by atoms with E-state index in [9.17, 15) is 27.9 Å². The zero-order valence-electron chi connectivity index (χ0n) is 22.7. The molecule has 1 aliphatic rings. The van der Waals surface area contributed by atoms with Crippen molar-refractivity contribution in [1.82, 2.24) is 25.5 Å². The fourth-order valence-electron chi connectivity index (χ4n) is 4.22.